The molecule has 0 radical (unpaired) electrons. The number of aliphatic imine (C=N–C) groups is 1. The van der Waals surface area contributed by atoms with Crippen molar-refractivity contribution in [1.82, 2.24) is 0 Å². The molecule has 1 heterocycles. The molecule has 0 aliphatic carbocycles. The third-order valence-electron chi connectivity index (χ3n) is 2.79. The van der Waals surface area contributed by atoms with Crippen LogP contribution in [-0.4, -0.2) is 17.4 Å². The minimum atomic E-state index is -0.793. The number of halogens is 1. The average Bonchev–Trinajstić information content (AvgIpc) is 2.55. The molecular formula is C13H14BrNO2. The highest BCUT2D eigenvalue weighted by molar-refractivity contribution is 9.10. The van der Waals surface area contributed by atoms with Gasteiger partial charge in [0.2, 0.25) is 5.90 Å². The SMILES string of the molecule is CC1(C)N=C(C(C)(Br)c2ccccc2)OC1=O. The third-order valence-corrected chi connectivity index (χ3v) is 3.58. The molecule has 1 aliphatic rings. The van der Waals surface area contributed by atoms with E-state index < -0.39 is 9.86 Å². The lowest BCUT2D eigenvalue weighted by Gasteiger charge is -2.21. The Labute approximate surface area is 109 Å². The minimum Gasteiger partial charge on any atom is -0.408 e. The van der Waals surface area contributed by atoms with Crippen LogP contribution in [0.1, 0.15) is 26.3 Å². The molecule has 0 aromatic heterocycles. The smallest absolute Gasteiger partial charge is 0.340 e. The van der Waals surface area contributed by atoms with Crippen LogP contribution in [0.4, 0.5) is 0 Å². The topological polar surface area (TPSA) is 38.7 Å². The van der Waals surface area contributed by atoms with E-state index in [1.165, 1.54) is 0 Å². The van der Waals surface area contributed by atoms with E-state index >= 15 is 0 Å². The average molecular weight is 296 g/mol. The molecule has 90 valence electrons. The van der Waals surface area contributed by atoms with Crippen molar-refractivity contribution in [3.05, 3.63) is 35.9 Å². The van der Waals surface area contributed by atoms with Crippen LogP contribution in [0.5, 0.6) is 0 Å². The highest BCUT2D eigenvalue weighted by Crippen LogP contribution is 2.37. The standard InChI is InChI=1S/C13H14BrNO2/c1-12(2)11(16)17-10(15-12)13(3,14)9-7-5-4-6-8-9/h4-8H,1-3H3. The van der Waals surface area contributed by atoms with Crippen molar-refractivity contribution < 1.29 is 9.53 Å². The van der Waals surface area contributed by atoms with Gasteiger partial charge in [-0.3, -0.25) is 0 Å². The van der Waals surface area contributed by atoms with Crippen molar-refractivity contribution in [2.75, 3.05) is 0 Å². The number of ether oxygens (including phenoxy) is 1. The van der Waals surface area contributed by atoms with Crippen LogP contribution in [0.3, 0.4) is 0 Å². The van der Waals surface area contributed by atoms with E-state index in [0.717, 1.165) is 5.56 Å². The summed E-state index contributed by atoms with van der Waals surface area (Å²) in [5.74, 6) is 0.104. The summed E-state index contributed by atoms with van der Waals surface area (Å²) in [4.78, 5) is 16.0. The first-order valence-corrected chi connectivity index (χ1v) is 6.20. The van der Waals surface area contributed by atoms with Crippen LogP contribution in [0.25, 0.3) is 0 Å². The molecule has 1 atom stereocenters. The molecule has 1 unspecified atom stereocenters. The number of hydrogen-bond acceptors (Lipinski definition) is 3. The lowest BCUT2D eigenvalue weighted by molar-refractivity contribution is -0.138. The molecule has 0 fully saturated rings. The first kappa shape index (κ1) is 12.3. The van der Waals surface area contributed by atoms with Crippen LogP contribution in [-0.2, 0) is 13.9 Å². The Morgan fingerprint density at radius 2 is 1.88 bits per heavy atom. The van der Waals surface area contributed by atoms with Gasteiger partial charge >= 0.3 is 5.97 Å². The molecule has 1 aromatic carbocycles. The normalized spacial score (nSPS) is 21.6. The van der Waals surface area contributed by atoms with Gasteiger partial charge in [-0.25, -0.2) is 9.79 Å². The van der Waals surface area contributed by atoms with Crippen molar-refractivity contribution in [3.8, 4) is 0 Å². The second-order valence-electron chi connectivity index (χ2n) is 4.73. The maximum atomic E-state index is 11.6. The van der Waals surface area contributed by atoms with E-state index in [-0.39, 0.29) is 5.97 Å². The number of alkyl halides is 1. The van der Waals surface area contributed by atoms with E-state index in [1.54, 1.807) is 13.8 Å². The summed E-state index contributed by atoms with van der Waals surface area (Å²) in [6.07, 6.45) is 0. The van der Waals surface area contributed by atoms with Gasteiger partial charge in [-0.2, -0.15) is 0 Å². The van der Waals surface area contributed by atoms with Crippen molar-refractivity contribution in [1.29, 1.82) is 0 Å². The molecule has 3 nitrogen and oxygen atoms in total. The first-order chi connectivity index (χ1) is 7.84. The first-order valence-electron chi connectivity index (χ1n) is 5.41. The van der Waals surface area contributed by atoms with E-state index in [1.807, 2.05) is 37.3 Å². The number of hydrogen-bond donors (Lipinski definition) is 0. The fraction of sp³-hybridized carbons (Fsp3) is 0.385. The monoisotopic (exact) mass is 295 g/mol. The Kier molecular flexibility index (Phi) is 2.86. The highest BCUT2D eigenvalue weighted by atomic mass is 79.9. The second-order valence-corrected chi connectivity index (χ2v) is 6.32. The Balaban J connectivity index is 2.39. The van der Waals surface area contributed by atoms with Gasteiger partial charge < -0.3 is 4.74 Å². The molecular weight excluding hydrogens is 282 g/mol. The van der Waals surface area contributed by atoms with E-state index in [4.69, 9.17) is 4.74 Å². The predicted molar refractivity (Wildman–Crippen MR) is 70.3 cm³/mol. The summed E-state index contributed by atoms with van der Waals surface area (Å²) in [7, 11) is 0. The van der Waals surface area contributed by atoms with Gasteiger partial charge in [0, 0.05) is 0 Å². The zero-order chi connectivity index (χ0) is 12.7. The fourth-order valence-electron chi connectivity index (χ4n) is 1.61. The second kappa shape index (κ2) is 3.95. The summed E-state index contributed by atoms with van der Waals surface area (Å²) in [6.45, 7) is 5.42. The van der Waals surface area contributed by atoms with E-state index in [0.29, 0.717) is 5.90 Å². The van der Waals surface area contributed by atoms with Gasteiger partial charge in [0.05, 0.1) is 0 Å². The quantitative estimate of drug-likeness (QED) is 0.621. The molecule has 0 N–H and O–H groups in total. The number of carbonyl (C=O) groups excluding carboxylic acids is 1. The molecule has 1 aliphatic heterocycles. The number of benzene rings is 1. The van der Waals surface area contributed by atoms with Gasteiger partial charge in [-0.15, -0.1) is 0 Å². The molecule has 0 amide bonds. The molecule has 0 bridgehead atoms. The van der Waals surface area contributed by atoms with E-state index in [2.05, 4.69) is 20.9 Å². The molecule has 0 spiro atoms. The van der Waals surface area contributed by atoms with Gasteiger partial charge in [-0.05, 0) is 26.3 Å². The zero-order valence-corrected chi connectivity index (χ0v) is 11.6. The fourth-order valence-corrected chi connectivity index (χ4v) is 2.04. The summed E-state index contributed by atoms with van der Waals surface area (Å²) >= 11 is 3.59. The number of rotatable bonds is 2. The number of esters is 1. The zero-order valence-electron chi connectivity index (χ0n) is 10.0. The van der Waals surface area contributed by atoms with Gasteiger partial charge in [0.15, 0.2) is 5.54 Å². The largest absolute Gasteiger partial charge is 0.408 e. The van der Waals surface area contributed by atoms with Crippen molar-refractivity contribution >= 4 is 27.8 Å². The lowest BCUT2D eigenvalue weighted by Crippen LogP contribution is -2.27. The van der Waals surface area contributed by atoms with Crippen LogP contribution in [0.2, 0.25) is 0 Å². The van der Waals surface area contributed by atoms with Gasteiger partial charge in [0.1, 0.15) is 4.32 Å². The summed E-state index contributed by atoms with van der Waals surface area (Å²) in [5.41, 5.74) is 0.211. The van der Waals surface area contributed by atoms with Crippen LogP contribution < -0.4 is 0 Å². The van der Waals surface area contributed by atoms with Gasteiger partial charge in [-0.1, -0.05) is 46.3 Å². The maximum Gasteiger partial charge on any atom is 0.340 e. The molecule has 17 heavy (non-hydrogen) atoms. The molecule has 0 saturated heterocycles. The number of carbonyl (C=O) groups is 1. The molecule has 2 rings (SSSR count). The Morgan fingerprint density at radius 3 is 2.35 bits per heavy atom. The minimum absolute atomic E-state index is 0.311. The van der Waals surface area contributed by atoms with Gasteiger partial charge in [0.25, 0.3) is 0 Å². The summed E-state index contributed by atoms with van der Waals surface area (Å²) in [6, 6.07) is 9.76. The summed E-state index contributed by atoms with van der Waals surface area (Å²) in [5, 5.41) is 0. The van der Waals surface area contributed by atoms with Crippen LogP contribution in [0, 0.1) is 0 Å². The Morgan fingerprint density at radius 1 is 1.29 bits per heavy atom. The molecule has 0 saturated carbocycles. The Bertz CT molecular complexity index is 477. The highest BCUT2D eigenvalue weighted by Gasteiger charge is 2.44. The maximum absolute atomic E-state index is 11.6. The van der Waals surface area contributed by atoms with Crippen molar-refractivity contribution in [2.24, 2.45) is 4.99 Å². The lowest BCUT2D eigenvalue weighted by atomic mass is 10.0. The van der Waals surface area contributed by atoms with E-state index in [9.17, 15) is 4.79 Å². The number of cyclic esters (lactones) is 1. The number of nitrogens with zero attached hydrogens (tertiary/aromatic N) is 1. The predicted octanol–water partition coefficient (Wildman–Crippen LogP) is 3.03. The summed E-state index contributed by atoms with van der Waals surface area (Å²) < 4.78 is 4.69. The Hall–Kier alpha value is -1.16. The van der Waals surface area contributed by atoms with Crippen LogP contribution >= 0.6 is 15.9 Å². The van der Waals surface area contributed by atoms with Crippen molar-refractivity contribution in [2.45, 2.75) is 30.6 Å². The van der Waals surface area contributed by atoms with Crippen molar-refractivity contribution in [3.63, 3.8) is 0 Å². The molecule has 4 heteroatoms. The third kappa shape index (κ3) is 2.14. The molecule has 1 aromatic rings. The van der Waals surface area contributed by atoms with Crippen LogP contribution in [0.15, 0.2) is 35.3 Å².